The molecule has 3 N–H and O–H groups in total. The minimum atomic E-state index is 0.0928. The maximum absolute atomic E-state index is 6.05. The average molecular weight is 311 g/mol. The van der Waals surface area contributed by atoms with Crippen LogP contribution >= 0.6 is 15.9 Å². The molecule has 0 unspecified atom stereocenters. The van der Waals surface area contributed by atoms with Crippen molar-refractivity contribution < 1.29 is 0 Å². The summed E-state index contributed by atoms with van der Waals surface area (Å²) in [6.45, 7) is 3.01. The summed E-state index contributed by atoms with van der Waals surface area (Å²) in [6.07, 6.45) is 6.26. The topological polar surface area (TPSA) is 38.0 Å². The Morgan fingerprint density at radius 2 is 2.00 bits per heavy atom. The Balaban J connectivity index is 2.08. The first-order valence-corrected chi connectivity index (χ1v) is 7.71. The number of rotatable bonds is 4. The molecule has 0 atom stereocenters. The number of anilines is 1. The van der Waals surface area contributed by atoms with Crippen LogP contribution in [0.2, 0.25) is 0 Å². The van der Waals surface area contributed by atoms with Crippen LogP contribution in [-0.2, 0) is 0 Å². The second kappa shape index (κ2) is 6.07. The van der Waals surface area contributed by atoms with Crippen LogP contribution in [0.25, 0.3) is 0 Å². The molecule has 1 saturated carbocycles. The van der Waals surface area contributed by atoms with Crippen LogP contribution in [0.1, 0.15) is 39.0 Å². The number of hydrogen-bond donors (Lipinski definition) is 2. The van der Waals surface area contributed by atoms with Gasteiger partial charge in [0.05, 0.1) is 0 Å². The normalized spacial score (nSPS) is 28.1. The van der Waals surface area contributed by atoms with Crippen molar-refractivity contribution in [2.75, 3.05) is 11.9 Å². The summed E-state index contributed by atoms with van der Waals surface area (Å²) < 4.78 is 1.12. The van der Waals surface area contributed by atoms with E-state index in [1.807, 2.05) is 6.07 Å². The number of hydrogen-bond acceptors (Lipinski definition) is 2. The van der Waals surface area contributed by atoms with Gasteiger partial charge in [0.2, 0.25) is 0 Å². The SMILES string of the molecule is CCC1CCC(CN)(Nc2ccccc2Br)CC1. The van der Waals surface area contributed by atoms with Gasteiger partial charge < -0.3 is 11.1 Å². The van der Waals surface area contributed by atoms with Crippen molar-refractivity contribution >= 4 is 21.6 Å². The lowest BCUT2D eigenvalue weighted by molar-refractivity contribution is 0.253. The Morgan fingerprint density at radius 1 is 1.33 bits per heavy atom. The summed E-state index contributed by atoms with van der Waals surface area (Å²) in [5.41, 5.74) is 7.30. The lowest BCUT2D eigenvalue weighted by Gasteiger charge is -2.41. The molecule has 1 aliphatic rings. The highest BCUT2D eigenvalue weighted by molar-refractivity contribution is 9.10. The summed E-state index contributed by atoms with van der Waals surface area (Å²) in [5, 5.41) is 3.69. The van der Waals surface area contributed by atoms with E-state index in [0.29, 0.717) is 6.54 Å². The van der Waals surface area contributed by atoms with E-state index in [-0.39, 0.29) is 5.54 Å². The highest BCUT2D eigenvalue weighted by atomic mass is 79.9. The van der Waals surface area contributed by atoms with Gasteiger partial charge in [-0.25, -0.2) is 0 Å². The van der Waals surface area contributed by atoms with E-state index in [2.05, 4.69) is 46.4 Å². The maximum Gasteiger partial charge on any atom is 0.0496 e. The quantitative estimate of drug-likeness (QED) is 0.876. The van der Waals surface area contributed by atoms with Gasteiger partial charge in [-0.2, -0.15) is 0 Å². The fourth-order valence-electron chi connectivity index (χ4n) is 2.87. The summed E-state index contributed by atoms with van der Waals surface area (Å²) in [7, 11) is 0. The third-order valence-electron chi connectivity index (χ3n) is 4.30. The second-order valence-electron chi connectivity index (χ2n) is 5.44. The first kappa shape index (κ1) is 13.9. The molecule has 18 heavy (non-hydrogen) atoms. The standard InChI is InChI=1S/C15H23BrN2/c1-2-12-7-9-15(11-17,10-8-12)18-14-6-4-3-5-13(14)16/h3-6,12,18H,2,7-11,17H2,1H3. The van der Waals surface area contributed by atoms with Crippen LogP contribution in [-0.4, -0.2) is 12.1 Å². The molecule has 2 nitrogen and oxygen atoms in total. The van der Waals surface area contributed by atoms with Gasteiger partial charge in [-0.05, 0) is 59.7 Å². The van der Waals surface area contributed by atoms with E-state index in [4.69, 9.17) is 5.73 Å². The van der Waals surface area contributed by atoms with Gasteiger partial charge >= 0.3 is 0 Å². The van der Waals surface area contributed by atoms with Crippen molar-refractivity contribution in [2.24, 2.45) is 11.7 Å². The zero-order valence-electron chi connectivity index (χ0n) is 11.1. The number of para-hydroxylation sites is 1. The molecule has 0 amide bonds. The third-order valence-corrected chi connectivity index (χ3v) is 5.00. The second-order valence-corrected chi connectivity index (χ2v) is 6.30. The molecule has 1 fully saturated rings. The fraction of sp³-hybridized carbons (Fsp3) is 0.600. The molecular formula is C15H23BrN2. The Kier molecular flexibility index (Phi) is 4.68. The Labute approximate surface area is 118 Å². The first-order valence-electron chi connectivity index (χ1n) is 6.92. The Hall–Kier alpha value is -0.540. The molecular weight excluding hydrogens is 288 g/mol. The number of benzene rings is 1. The van der Waals surface area contributed by atoms with E-state index >= 15 is 0 Å². The van der Waals surface area contributed by atoms with Crippen LogP contribution in [0.15, 0.2) is 28.7 Å². The van der Waals surface area contributed by atoms with Gasteiger partial charge in [-0.1, -0.05) is 25.5 Å². The van der Waals surface area contributed by atoms with Gasteiger partial charge in [-0.3, -0.25) is 0 Å². The average Bonchev–Trinajstić information content (AvgIpc) is 2.42. The summed E-state index contributed by atoms with van der Waals surface area (Å²) in [5.74, 6) is 0.894. The molecule has 0 aromatic heterocycles. The van der Waals surface area contributed by atoms with Crippen molar-refractivity contribution in [1.82, 2.24) is 0 Å². The molecule has 2 rings (SSSR count). The van der Waals surface area contributed by atoms with E-state index in [9.17, 15) is 0 Å². The van der Waals surface area contributed by atoms with Crippen molar-refractivity contribution in [2.45, 2.75) is 44.6 Å². The molecule has 100 valence electrons. The van der Waals surface area contributed by atoms with Crippen LogP contribution in [0.4, 0.5) is 5.69 Å². The molecule has 0 aliphatic heterocycles. The van der Waals surface area contributed by atoms with E-state index < -0.39 is 0 Å². The number of nitrogens with one attached hydrogen (secondary N) is 1. The van der Waals surface area contributed by atoms with Gasteiger partial charge in [0.1, 0.15) is 0 Å². The van der Waals surface area contributed by atoms with Gasteiger partial charge in [0, 0.05) is 22.2 Å². The Morgan fingerprint density at radius 3 is 2.56 bits per heavy atom. The fourth-order valence-corrected chi connectivity index (χ4v) is 3.25. The van der Waals surface area contributed by atoms with Crippen LogP contribution in [0, 0.1) is 5.92 Å². The van der Waals surface area contributed by atoms with Crippen LogP contribution in [0.3, 0.4) is 0 Å². The van der Waals surface area contributed by atoms with E-state index in [1.54, 1.807) is 0 Å². The summed E-state index contributed by atoms with van der Waals surface area (Å²) in [4.78, 5) is 0. The van der Waals surface area contributed by atoms with Crippen molar-refractivity contribution in [3.05, 3.63) is 28.7 Å². The molecule has 3 heteroatoms. The van der Waals surface area contributed by atoms with E-state index in [0.717, 1.165) is 16.1 Å². The van der Waals surface area contributed by atoms with Crippen LogP contribution in [0.5, 0.6) is 0 Å². The van der Waals surface area contributed by atoms with Gasteiger partial charge in [0.15, 0.2) is 0 Å². The minimum absolute atomic E-state index is 0.0928. The largest absolute Gasteiger partial charge is 0.377 e. The zero-order valence-corrected chi connectivity index (χ0v) is 12.7. The summed E-state index contributed by atoms with van der Waals surface area (Å²) >= 11 is 3.60. The highest BCUT2D eigenvalue weighted by Crippen LogP contribution is 2.36. The van der Waals surface area contributed by atoms with Crippen molar-refractivity contribution in [3.63, 3.8) is 0 Å². The third kappa shape index (κ3) is 3.07. The molecule has 0 bridgehead atoms. The van der Waals surface area contributed by atoms with E-state index in [1.165, 1.54) is 32.1 Å². The van der Waals surface area contributed by atoms with Gasteiger partial charge in [-0.15, -0.1) is 0 Å². The van der Waals surface area contributed by atoms with Crippen molar-refractivity contribution in [1.29, 1.82) is 0 Å². The minimum Gasteiger partial charge on any atom is -0.377 e. The molecule has 0 saturated heterocycles. The van der Waals surface area contributed by atoms with Crippen LogP contribution < -0.4 is 11.1 Å². The maximum atomic E-state index is 6.05. The predicted molar refractivity (Wildman–Crippen MR) is 81.8 cm³/mol. The zero-order chi connectivity index (χ0) is 13.0. The lowest BCUT2D eigenvalue weighted by atomic mass is 9.75. The lowest BCUT2D eigenvalue weighted by Crippen LogP contribution is -2.48. The van der Waals surface area contributed by atoms with Gasteiger partial charge in [0.25, 0.3) is 0 Å². The van der Waals surface area contributed by atoms with Crippen molar-refractivity contribution in [3.8, 4) is 0 Å². The molecule has 0 radical (unpaired) electrons. The smallest absolute Gasteiger partial charge is 0.0496 e. The number of halogens is 1. The first-order chi connectivity index (χ1) is 8.69. The number of nitrogens with two attached hydrogens (primary N) is 1. The monoisotopic (exact) mass is 310 g/mol. The molecule has 1 aromatic carbocycles. The summed E-state index contributed by atoms with van der Waals surface area (Å²) in [6, 6.07) is 8.30. The molecule has 0 spiro atoms. The predicted octanol–water partition coefficient (Wildman–Crippen LogP) is 4.16. The highest BCUT2D eigenvalue weighted by Gasteiger charge is 2.33. The molecule has 1 aliphatic carbocycles. The molecule has 0 heterocycles. The Bertz CT molecular complexity index is 384. The molecule has 1 aromatic rings.